The van der Waals surface area contributed by atoms with Gasteiger partial charge in [-0.05, 0) is 50.5 Å². The van der Waals surface area contributed by atoms with Gasteiger partial charge in [-0.2, -0.15) is 0 Å². The molecule has 210 valence electrons. The average Bonchev–Trinajstić information content (AvgIpc) is 3.28. The topological polar surface area (TPSA) is 130 Å². The second-order valence-electron chi connectivity index (χ2n) is 10.0. The maximum Gasteiger partial charge on any atom is 0.255 e. The summed E-state index contributed by atoms with van der Waals surface area (Å²) < 4.78 is 18.7. The molecule has 2 aliphatic rings. The van der Waals surface area contributed by atoms with Crippen LogP contribution in [0.1, 0.15) is 54.3 Å². The summed E-state index contributed by atoms with van der Waals surface area (Å²) in [6.07, 6.45) is 3.27. The van der Waals surface area contributed by atoms with Crippen LogP contribution in [0.2, 0.25) is 5.02 Å². The highest BCUT2D eigenvalue weighted by molar-refractivity contribution is 6.33. The molecule has 0 bridgehead atoms. The number of fused-ring (bicyclic) bond motifs is 1. The van der Waals surface area contributed by atoms with E-state index in [1.165, 1.54) is 30.2 Å². The van der Waals surface area contributed by atoms with Gasteiger partial charge in [0, 0.05) is 36.9 Å². The number of rotatable bonds is 8. The third-order valence-electron chi connectivity index (χ3n) is 7.21. The van der Waals surface area contributed by atoms with Crippen molar-refractivity contribution >= 4 is 29.4 Å². The van der Waals surface area contributed by atoms with E-state index >= 15 is 0 Å². The molecular formula is C28H30ClFN6O4. The molecule has 40 heavy (non-hydrogen) atoms. The molecule has 12 heteroatoms. The van der Waals surface area contributed by atoms with E-state index in [0.29, 0.717) is 46.7 Å². The van der Waals surface area contributed by atoms with Crippen molar-refractivity contribution in [2.24, 2.45) is 0 Å². The lowest BCUT2D eigenvalue weighted by Gasteiger charge is -2.27. The number of amides is 2. The molecule has 3 unspecified atom stereocenters. The molecule has 10 nitrogen and oxygen atoms in total. The number of aromatic nitrogens is 3. The van der Waals surface area contributed by atoms with E-state index < -0.39 is 29.9 Å². The fourth-order valence-electron chi connectivity index (χ4n) is 4.88. The van der Waals surface area contributed by atoms with Crippen LogP contribution < -0.4 is 10.6 Å². The second kappa shape index (κ2) is 11.8. The molecule has 0 aliphatic carbocycles. The maximum atomic E-state index is 13.4. The zero-order chi connectivity index (χ0) is 28.4. The van der Waals surface area contributed by atoms with Crippen molar-refractivity contribution in [1.82, 2.24) is 25.2 Å². The number of aliphatic hydroxyl groups is 1. The quantitative estimate of drug-likeness (QED) is 0.376. The third-order valence-corrected chi connectivity index (χ3v) is 7.49. The van der Waals surface area contributed by atoms with Crippen molar-refractivity contribution in [1.29, 1.82) is 0 Å². The molecule has 2 aliphatic heterocycles. The molecular weight excluding hydrogens is 539 g/mol. The molecule has 2 aromatic heterocycles. The summed E-state index contributed by atoms with van der Waals surface area (Å²) in [6, 6.07) is 6.51. The molecule has 1 aromatic carbocycles. The molecule has 5 rings (SSSR count). The van der Waals surface area contributed by atoms with Crippen LogP contribution in [0.15, 0.2) is 42.7 Å². The molecule has 1 saturated heterocycles. The first kappa shape index (κ1) is 27.9. The number of nitrogens with one attached hydrogen (secondary N) is 2. The van der Waals surface area contributed by atoms with Gasteiger partial charge < -0.3 is 25.4 Å². The number of aliphatic hydroxyl groups excluding tert-OH is 1. The van der Waals surface area contributed by atoms with E-state index in [9.17, 15) is 19.1 Å². The summed E-state index contributed by atoms with van der Waals surface area (Å²) in [5.41, 5.74) is 2.69. The molecule has 1 fully saturated rings. The van der Waals surface area contributed by atoms with Gasteiger partial charge in [-0.15, -0.1) is 0 Å². The van der Waals surface area contributed by atoms with Crippen molar-refractivity contribution in [2.45, 2.75) is 57.5 Å². The van der Waals surface area contributed by atoms with Crippen molar-refractivity contribution in [3.05, 3.63) is 70.4 Å². The zero-order valence-electron chi connectivity index (χ0n) is 22.1. The SMILES string of the molecule is CC(O)C(NC(=O)C(C)N1Cc2ccc(-c3nc(NC4CCOCC4)ncc3Cl)cc2C1=O)c1ccc(F)cn1. The number of nitrogens with zero attached hydrogens (tertiary/aromatic N) is 4. The average molecular weight is 569 g/mol. The van der Waals surface area contributed by atoms with Crippen molar-refractivity contribution in [3.63, 3.8) is 0 Å². The number of carbonyl (C=O) groups is 2. The van der Waals surface area contributed by atoms with Crippen molar-refractivity contribution in [3.8, 4) is 11.3 Å². The van der Waals surface area contributed by atoms with E-state index in [-0.39, 0.29) is 18.5 Å². The van der Waals surface area contributed by atoms with Gasteiger partial charge in [-0.3, -0.25) is 14.6 Å². The van der Waals surface area contributed by atoms with Crippen molar-refractivity contribution < 1.29 is 23.8 Å². The summed E-state index contributed by atoms with van der Waals surface area (Å²) >= 11 is 6.45. The highest BCUT2D eigenvalue weighted by atomic mass is 35.5. The summed E-state index contributed by atoms with van der Waals surface area (Å²) in [5, 5.41) is 16.7. The molecule has 3 aromatic rings. The first-order chi connectivity index (χ1) is 19.2. The fourth-order valence-corrected chi connectivity index (χ4v) is 5.08. The Morgan fingerprint density at radius 2 is 1.95 bits per heavy atom. The normalized spacial score (nSPS) is 17.7. The predicted octanol–water partition coefficient (Wildman–Crippen LogP) is 3.50. The third kappa shape index (κ3) is 5.91. The standard InChI is InChI=1S/C28H30ClFN6O4/c1-15(26(38)34-24(16(2)37)23-6-5-19(30)12-31-23)36-14-18-4-3-17(11-21(18)27(36)39)25-22(29)13-32-28(35-25)33-20-7-9-40-10-8-20/h3-6,11-13,15-16,20,24,37H,7-10,14H2,1-2H3,(H,34,38)(H,32,33,35). The van der Waals surface area contributed by atoms with Gasteiger partial charge in [0.25, 0.3) is 5.91 Å². The van der Waals surface area contributed by atoms with E-state index in [1.807, 2.05) is 12.1 Å². The number of benzene rings is 1. The van der Waals surface area contributed by atoms with Crippen LogP contribution in [-0.2, 0) is 16.1 Å². The number of hydrogen-bond acceptors (Lipinski definition) is 8. The number of hydrogen-bond donors (Lipinski definition) is 3. The van der Waals surface area contributed by atoms with Crippen LogP contribution in [0.3, 0.4) is 0 Å². The minimum absolute atomic E-state index is 0.206. The lowest BCUT2D eigenvalue weighted by molar-refractivity contribution is -0.126. The largest absolute Gasteiger partial charge is 0.391 e. The number of carbonyl (C=O) groups excluding carboxylic acids is 2. The predicted molar refractivity (Wildman–Crippen MR) is 146 cm³/mol. The van der Waals surface area contributed by atoms with E-state index in [4.69, 9.17) is 16.3 Å². The number of halogens is 2. The Morgan fingerprint density at radius 3 is 2.65 bits per heavy atom. The zero-order valence-corrected chi connectivity index (χ0v) is 22.9. The number of pyridine rings is 1. The van der Waals surface area contributed by atoms with Crippen LogP contribution in [0.4, 0.5) is 10.3 Å². The monoisotopic (exact) mass is 568 g/mol. The summed E-state index contributed by atoms with van der Waals surface area (Å²) in [4.78, 5) is 40.9. The molecule has 3 atom stereocenters. The molecule has 0 spiro atoms. The maximum absolute atomic E-state index is 13.4. The summed E-state index contributed by atoms with van der Waals surface area (Å²) in [5.74, 6) is -0.851. The van der Waals surface area contributed by atoms with E-state index in [0.717, 1.165) is 24.6 Å². The van der Waals surface area contributed by atoms with Gasteiger partial charge in [0.05, 0.1) is 40.9 Å². The van der Waals surface area contributed by atoms with E-state index in [1.54, 1.807) is 13.0 Å². The Morgan fingerprint density at radius 1 is 1.18 bits per heavy atom. The van der Waals surface area contributed by atoms with Gasteiger partial charge in [-0.1, -0.05) is 23.7 Å². The smallest absolute Gasteiger partial charge is 0.255 e. The molecule has 2 amide bonds. The summed E-state index contributed by atoms with van der Waals surface area (Å²) in [6.45, 7) is 4.72. The molecule has 3 N–H and O–H groups in total. The van der Waals surface area contributed by atoms with Crippen LogP contribution in [-0.4, -0.2) is 68.2 Å². The molecule has 4 heterocycles. The minimum Gasteiger partial charge on any atom is -0.391 e. The lowest BCUT2D eigenvalue weighted by atomic mass is 10.0. The van der Waals surface area contributed by atoms with Crippen molar-refractivity contribution in [2.75, 3.05) is 18.5 Å². The van der Waals surface area contributed by atoms with E-state index in [2.05, 4.69) is 25.6 Å². The molecule has 0 saturated carbocycles. The van der Waals surface area contributed by atoms with Gasteiger partial charge in [0.15, 0.2) is 0 Å². The van der Waals surface area contributed by atoms with Crippen LogP contribution in [0.25, 0.3) is 11.3 Å². The highest BCUT2D eigenvalue weighted by Crippen LogP contribution is 2.32. The van der Waals surface area contributed by atoms with Gasteiger partial charge in [0.1, 0.15) is 11.9 Å². The second-order valence-corrected chi connectivity index (χ2v) is 10.4. The number of ether oxygens (including phenoxy) is 1. The van der Waals surface area contributed by atoms with Crippen LogP contribution in [0, 0.1) is 5.82 Å². The fraction of sp³-hybridized carbons (Fsp3) is 0.393. The lowest BCUT2D eigenvalue weighted by Crippen LogP contribution is -2.48. The van der Waals surface area contributed by atoms with Gasteiger partial charge in [0.2, 0.25) is 11.9 Å². The minimum atomic E-state index is -0.994. The molecule has 0 radical (unpaired) electrons. The Balaban J connectivity index is 1.31. The van der Waals surface area contributed by atoms with Crippen LogP contribution >= 0.6 is 11.6 Å². The first-order valence-corrected chi connectivity index (χ1v) is 13.5. The van der Waals surface area contributed by atoms with Gasteiger partial charge in [-0.25, -0.2) is 14.4 Å². The Kier molecular flexibility index (Phi) is 8.24. The Hall–Kier alpha value is -3.67. The Bertz CT molecular complexity index is 1400. The number of anilines is 1. The van der Waals surface area contributed by atoms with Crippen LogP contribution in [0.5, 0.6) is 0 Å². The Labute approximate surface area is 235 Å². The summed E-state index contributed by atoms with van der Waals surface area (Å²) in [7, 11) is 0. The van der Waals surface area contributed by atoms with Gasteiger partial charge >= 0.3 is 0 Å². The highest BCUT2D eigenvalue weighted by Gasteiger charge is 2.35. The first-order valence-electron chi connectivity index (χ1n) is 13.1.